The number of urea groups is 1. The monoisotopic (exact) mass is 661 g/mol. The first-order chi connectivity index (χ1) is 23.3. The van der Waals surface area contributed by atoms with Crippen molar-refractivity contribution in [3.05, 3.63) is 132 Å². The number of aryl methyl sites for hydroxylation is 1. The molecule has 0 saturated carbocycles. The van der Waals surface area contributed by atoms with Crippen LogP contribution in [0.2, 0.25) is 0 Å². The van der Waals surface area contributed by atoms with E-state index in [1.54, 1.807) is 36.1 Å². The lowest BCUT2D eigenvalue weighted by Crippen LogP contribution is -2.56. The van der Waals surface area contributed by atoms with E-state index in [-0.39, 0.29) is 10.9 Å². The Morgan fingerprint density at radius 2 is 1.42 bits per heavy atom. The molecule has 6 rings (SSSR count). The number of ether oxygens (including phenoxy) is 1. The van der Waals surface area contributed by atoms with Crippen LogP contribution in [0.4, 0.5) is 10.5 Å². The van der Waals surface area contributed by atoms with Crippen molar-refractivity contribution in [1.82, 2.24) is 10.2 Å². The lowest BCUT2D eigenvalue weighted by atomic mass is 10.0. The first kappa shape index (κ1) is 32.9. The number of nitrogens with one attached hydrogen (secondary N) is 1. The largest absolute Gasteiger partial charge is 0.378 e. The second kappa shape index (κ2) is 14.8. The fraction of sp³-hybridized carbons (Fsp3) is 0.231. The van der Waals surface area contributed by atoms with E-state index in [2.05, 4.69) is 5.32 Å². The number of anilines is 1. The molecule has 9 heteroatoms. The number of carbonyl (C=O) groups excluding carboxylic acids is 2. The van der Waals surface area contributed by atoms with Gasteiger partial charge in [-0.15, -0.1) is 0 Å². The van der Waals surface area contributed by atoms with Crippen molar-refractivity contribution in [3.8, 4) is 0 Å². The molecule has 0 spiro atoms. The predicted molar refractivity (Wildman–Crippen MR) is 191 cm³/mol. The van der Waals surface area contributed by atoms with Crippen LogP contribution in [-0.2, 0) is 25.8 Å². The van der Waals surface area contributed by atoms with Gasteiger partial charge in [0.1, 0.15) is 6.04 Å². The molecule has 0 bridgehead atoms. The third kappa shape index (κ3) is 7.75. The van der Waals surface area contributed by atoms with Gasteiger partial charge < -0.3 is 15.0 Å². The minimum atomic E-state index is -3.81. The van der Waals surface area contributed by atoms with Gasteiger partial charge in [0.05, 0.1) is 18.1 Å². The number of morpholine rings is 1. The Bertz CT molecular complexity index is 2040. The minimum Gasteiger partial charge on any atom is -0.378 e. The van der Waals surface area contributed by atoms with Crippen molar-refractivity contribution in [3.63, 3.8) is 0 Å². The molecule has 246 valence electrons. The summed E-state index contributed by atoms with van der Waals surface area (Å²) in [5.74, 6) is -0.393. The molecule has 48 heavy (non-hydrogen) atoms. The second-order valence-electron chi connectivity index (χ2n) is 12.0. The highest BCUT2D eigenvalue weighted by molar-refractivity contribution is 7.94. The molecule has 5 aromatic rings. The Morgan fingerprint density at radius 1 is 0.812 bits per heavy atom. The molecule has 1 aliphatic rings. The Kier molecular flexibility index (Phi) is 10.2. The minimum absolute atomic E-state index is 0.178. The van der Waals surface area contributed by atoms with E-state index in [1.165, 1.54) is 10.3 Å². The zero-order chi connectivity index (χ0) is 33.5. The van der Waals surface area contributed by atoms with E-state index in [0.717, 1.165) is 27.1 Å². The third-order valence-corrected chi connectivity index (χ3v) is 10.1. The Morgan fingerprint density at radius 3 is 2.10 bits per heavy atom. The van der Waals surface area contributed by atoms with Gasteiger partial charge in [-0.3, -0.25) is 9.69 Å². The van der Waals surface area contributed by atoms with E-state index >= 15 is 0 Å². The summed E-state index contributed by atoms with van der Waals surface area (Å²) in [5, 5.41) is 7.99. The van der Waals surface area contributed by atoms with Gasteiger partial charge in [-0.1, -0.05) is 97.1 Å². The normalized spacial score (nSPS) is 15.0. The molecule has 1 aliphatic heterocycles. The van der Waals surface area contributed by atoms with Gasteiger partial charge in [0, 0.05) is 30.2 Å². The van der Waals surface area contributed by atoms with Crippen LogP contribution in [0.3, 0.4) is 0 Å². The molecular weight excluding hydrogens is 623 g/mol. The quantitative estimate of drug-likeness (QED) is 0.179. The van der Waals surface area contributed by atoms with Gasteiger partial charge in [0.15, 0.2) is 9.84 Å². The fourth-order valence-electron chi connectivity index (χ4n) is 5.96. The second-order valence-corrected chi connectivity index (χ2v) is 13.8. The topological polar surface area (TPSA) is 96.0 Å². The highest BCUT2D eigenvalue weighted by atomic mass is 32.2. The lowest BCUT2D eigenvalue weighted by Gasteiger charge is -2.36. The highest BCUT2D eigenvalue weighted by Gasteiger charge is 2.32. The highest BCUT2D eigenvalue weighted by Crippen LogP contribution is 2.26. The molecule has 1 heterocycles. The van der Waals surface area contributed by atoms with Crippen LogP contribution in [-0.4, -0.2) is 63.6 Å². The number of carbonyl (C=O) groups is 2. The first-order valence-corrected chi connectivity index (χ1v) is 17.7. The molecule has 1 N–H and O–H groups in total. The number of fused-ring (bicyclic) bond motifs is 2. The Balaban J connectivity index is 1.28. The number of benzene rings is 5. The third-order valence-electron chi connectivity index (χ3n) is 8.72. The van der Waals surface area contributed by atoms with E-state index in [0.29, 0.717) is 44.8 Å². The smallest absolute Gasteiger partial charge is 0.325 e. The maximum atomic E-state index is 14.0. The van der Waals surface area contributed by atoms with E-state index in [1.807, 2.05) is 97.1 Å². The lowest BCUT2D eigenvalue weighted by molar-refractivity contribution is -0.122. The predicted octanol–water partition coefficient (Wildman–Crippen LogP) is 6.75. The number of sulfone groups is 1. The van der Waals surface area contributed by atoms with Crippen molar-refractivity contribution in [2.24, 2.45) is 0 Å². The zero-order valence-corrected chi connectivity index (χ0v) is 27.7. The van der Waals surface area contributed by atoms with Crippen LogP contribution >= 0.6 is 0 Å². The summed E-state index contributed by atoms with van der Waals surface area (Å²) in [4.78, 5) is 31.4. The summed E-state index contributed by atoms with van der Waals surface area (Å²) >= 11 is 0. The zero-order valence-electron chi connectivity index (χ0n) is 26.9. The summed E-state index contributed by atoms with van der Waals surface area (Å²) in [6.07, 6.45) is 2.61. The van der Waals surface area contributed by atoms with E-state index in [9.17, 15) is 18.0 Å². The van der Waals surface area contributed by atoms with Crippen LogP contribution < -0.4 is 10.2 Å². The molecule has 0 radical (unpaired) electrons. The van der Waals surface area contributed by atoms with Crippen molar-refractivity contribution in [2.75, 3.05) is 31.2 Å². The number of hydrogen-bond acceptors (Lipinski definition) is 5. The van der Waals surface area contributed by atoms with Crippen LogP contribution in [0, 0.1) is 0 Å². The van der Waals surface area contributed by atoms with Crippen molar-refractivity contribution < 1.29 is 22.7 Å². The molecule has 1 unspecified atom stereocenters. The Labute approximate surface area is 281 Å². The average Bonchev–Trinajstić information content (AvgIpc) is 3.13. The van der Waals surface area contributed by atoms with Gasteiger partial charge in [0.2, 0.25) is 5.91 Å². The molecule has 1 fully saturated rings. The number of hydrogen-bond donors (Lipinski definition) is 1. The molecule has 1 saturated heterocycles. The maximum absolute atomic E-state index is 14.0. The summed E-state index contributed by atoms with van der Waals surface area (Å²) in [7, 11) is -3.81. The fourth-order valence-corrected chi connectivity index (χ4v) is 7.06. The van der Waals surface area contributed by atoms with Crippen LogP contribution in [0.1, 0.15) is 18.9 Å². The number of nitrogens with zero attached hydrogens (tertiary/aromatic N) is 2. The average molecular weight is 662 g/mol. The number of rotatable bonds is 10. The van der Waals surface area contributed by atoms with E-state index in [4.69, 9.17) is 4.74 Å². The summed E-state index contributed by atoms with van der Waals surface area (Å²) in [6.45, 7) is 3.40. The molecule has 2 atom stereocenters. The standard InChI is InChI=1S/C39H39N3O5S/c1-29(42(39(44)41-22-24-47-25-23-41)36-19-16-31-11-5-7-13-33(31)27-36)38(43)40-35(18-15-30-9-3-2-4-10-30)21-26-48(45,46)37-20-17-32-12-6-8-14-34(32)28-37/h2-14,16-17,19-21,26-29,35H,15,18,22-25H2,1H3,(H,40,43)/b26-21+/t29?,35-/m0/s1. The van der Waals surface area contributed by atoms with Crippen LogP contribution in [0.15, 0.2) is 132 Å². The molecular formula is C39H39N3O5S. The summed E-state index contributed by atoms with van der Waals surface area (Å²) < 4.78 is 32.4. The van der Waals surface area contributed by atoms with Crippen LogP contribution in [0.25, 0.3) is 21.5 Å². The van der Waals surface area contributed by atoms with Crippen molar-refractivity contribution in [2.45, 2.75) is 36.7 Å². The molecule has 8 nitrogen and oxygen atoms in total. The van der Waals surface area contributed by atoms with Crippen molar-refractivity contribution >= 4 is 49.0 Å². The summed E-state index contributed by atoms with van der Waals surface area (Å²) in [6, 6.07) is 34.3. The van der Waals surface area contributed by atoms with Crippen molar-refractivity contribution in [1.29, 1.82) is 0 Å². The van der Waals surface area contributed by atoms with E-state index < -0.39 is 27.8 Å². The molecule has 5 aromatic carbocycles. The molecule has 3 amide bonds. The van der Waals surface area contributed by atoms with Gasteiger partial charge in [-0.05, 0) is 71.1 Å². The van der Waals surface area contributed by atoms with Gasteiger partial charge >= 0.3 is 6.03 Å². The van der Waals surface area contributed by atoms with Gasteiger partial charge in [0.25, 0.3) is 0 Å². The number of amides is 3. The van der Waals surface area contributed by atoms with Crippen LogP contribution in [0.5, 0.6) is 0 Å². The van der Waals surface area contributed by atoms with Gasteiger partial charge in [-0.2, -0.15) is 0 Å². The molecule has 0 aromatic heterocycles. The molecule has 0 aliphatic carbocycles. The first-order valence-electron chi connectivity index (χ1n) is 16.2. The van der Waals surface area contributed by atoms with Gasteiger partial charge in [-0.25, -0.2) is 13.2 Å². The summed E-state index contributed by atoms with van der Waals surface area (Å²) in [5.41, 5.74) is 1.67. The Hall–Kier alpha value is -4.99. The SMILES string of the molecule is CC(C(=O)N[C@H](/C=C/S(=O)(=O)c1ccc2ccccc2c1)CCc1ccccc1)N(C(=O)N1CCOCC1)c1ccc2ccccc2c1. The maximum Gasteiger partial charge on any atom is 0.325 e.